The number of carbonyl (C=O) groups is 2. The van der Waals surface area contributed by atoms with Crippen molar-refractivity contribution in [3.8, 4) is 0 Å². The van der Waals surface area contributed by atoms with E-state index in [1.54, 1.807) is 23.5 Å². The fraction of sp³-hybridized carbons (Fsp3) is 0.267. The lowest BCUT2D eigenvalue weighted by molar-refractivity contribution is 0.0740. The van der Waals surface area contributed by atoms with Crippen LogP contribution in [0, 0.1) is 0 Å². The Balaban J connectivity index is 1.63. The van der Waals surface area contributed by atoms with E-state index in [9.17, 15) is 9.59 Å². The third kappa shape index (κ3) is 3.25. The van der Waals surface area contributed by atoms with E-state index in [4.69, 9.17) is 5.73 Å². The molecule has 1 aliphatic rings. The second kappa shape index (κ2) is 6.39. The molecule has 0 saturated carbocycles. The fourth-order valence-corrected chi connectivity index (χ4v) is 2.42. The molecule has 2 amide bonds. The maximum Gasteiger partial charge on any atom is 0.272 e. The van der Waals surface area contributed by atoms with Gasteiger partial charge in [0.2, 0.25) is 5.91 Å². The Morgan fingerprint density at radius 1 is 1.00 bits per heavy atom. The number of pyridine rings is 1. The van der Waals surface area contributed by atoms with Crippen molar-refractivity contribution in [2.45, 2.75) is 0 Å². The summed E-state index contributed by atoms with van der Waals surface area (Å²) in [6.07, 6.45) is 6.31. The summed E-state index contributed by atoms with van der Waals surface area (Å²) in [4.78, 5) is 39.6. The molecule has 8 nitrogen and oxygen atoms in total. The van der Waals surface area contributed by atoms with Crippen molar-refractivity contribution in [2.24, 2.45) is 5.73 Å². The van der Waals surface area contributed by atoms with E-state index in [1.165, 1.54) is 18.3 Å². The summed E-state index contributed by atoms with van der Waals surface area (Å²) in [7, 11) is 0. The Morgan fingerprint density at radius 3 is 2.35 bits per heavy atom. The standard InChI is InChI=1S/C15H16N6O2/c16-14(22)11-1-2-12(19-9-11)15(23)21-7-5-20(6-8-21)13-10-17-3-4-18-13/h1-4,9-10H,5-8H2,(H2,16,22). The topological polar surface area (TPSA) is 105 Å². The predicted molar refractivity (Wildman–Crippen MR) is 82.9 cm³/mol. The molecule has 2 aromatic rings. The summed E-state index contributed by atoms with van der Waals surface area (Å²) in [5, 5.41) is 0. The summed E-state index contributed by atoms with van der Waals surface area (Å²) in [5.74, 6) is 0.0948. The Labute approximate surface area is 133 Å². The average molecular weight is 312 g/mol. The number of anilines is 1. The second-order valence-corrected chi connectivity index (χ2v) is 5.14. The first-order valence-electron chi connectivity index (χ1n) is 7.21. The minimum atomic E-state index is -0.561. The summed E-state index contributed by atoms with van der Waals surface area (Å²) >= 11 is 0. The molecule has 0 unspecified atom stereocenters. The number of hydrogen-bond donors (Lipinski definition) is 1. The molecular formula is C15H16N6O2. The Morgan fingerprint density at radius 2 is 1.78 bits per heavy atom. The molecule has 0 atom stereocenters. The molecule has 0 spiro atoms. The van der Waals surface area contributed by atoms with Crippen LogP contribution in [0.3, 0.4) is 0 Å². The van der Waals surface area contributed by atoms with Crippen LogP contribution in [0.25, 0.3) is 0 Å². The van der Waals surface area contributed by atoms with E-state index >= 15 is 0 Å². The molecule has 0 aromatic carbocycles. The molecule has 3 rings (SSSR count). The highest BCUT2D eigenvalue weighted by molar-refractivity contribution is 5.95. The summed E-state index contributed by atoms with van der Waals surface area (Å²) in [5.41, 5.74) is 5.76. The number of nitrogens with zero attached hydrogens (tertiary/aromatic N) is 5. The third-order valence-electron chi connectivity index (χ3n) is 3.71. The largest absolute Gasteiger partial charge is 0.366 e. The molecule has 2 aromatic heterocycles. The minimum absolute atomic E-state index is 0.153. The van der Waals surface area contributed by atoms with Crippen LogP contribution in [0.1, 0.15) is 20.8 Å². The Bertz CT molecular complexity index is 696. The van der Waals surface area contributed by atoms with Gasteiger partial charge in [0.25, 0.3) is 5.91 Å². The molecule has 118 valence electrons. The lowest BCUT2D eigenvalue weighted by atomic mass is 10.2. The smallest absolute Gasteiger partial charge is 0.272 e. The number of aromatic nitrogens is 3. The molecule has 1 fully saturated rings. The van der Waals surface area contributed by atoms with Gasteiger partial charge in [0.15, 0.2) is 0 Å². The number of carbonyl (C=O) groups excluding carboxylic acids is 2. The first-order chi connectivity index (χ1) is 11.1. The van der Waals surface area contributed by atoms with Gasteiger partial charge < -0.3 is 15.5 Å². The lowest BCUT2D eigenvalue weighted by Gasteiger charge is -2.35. The molecule has 1 saturated heterocycles. The molecule has 0 radical (unpaired) electrons. The quantitative estimate of drug-likeness (QED) is 0.850. The Kier molecular flexibility index (Phi) is 4.13. The van der Waals surface area contributed by atoms with Gasteiger partial charge >= 0.3 is 0 Å². The first kappa shape index (κ1) is 14.9. The third-order valence-corrected chi connectivity index (χ3v) is 3.71. The van der Waals surface area contributed by atoms with Crippen molar-refractivity contribution >= 4 is 17.6 Å². The van der Waals surface area contributed by atoms with Gasteiger partial charge in [-0.2, -0.15) is 0 Å². The number of piperazine rings is 1. The zero-order chi connectivity index (χ0) is 16.2. The SMILES string of the molecule is NC(=O)c1ccc(C(=O)N2CCN(c3cnccn3)CC2)nc1. The van der Waals surface area contributed by atoms with E-state index in [-0.39, 0.29) is 11.5 Å². The van der Waals surface area contributed by atoms with Gasteiger partial charge in [-0.1, -0.05) is 0 Å². The monoisotopic (exact) mass is 312 g/mol. The van der Waals surface area contributed by atoms with Crippen LogP contribution in [0.5, 0.6) is 0 Å². The summed E-state index contributed by atoms with van der Waals surface area (Å²) in [6, 6.07) is 3.04. The van der Waals surface area contributed by atoms with Crippen molar-refractivity contribution in [3.63, 3.8) is 0 Å². The van der Waals surface area contributed by atoms with E-state index in [2.05, 4.69) is 19.9 Å². The zero-order valence-corrected chi connectivity index (χ0v) is 12.4. The van der Waals surface area contributed by atoms with Crippen LogP contribution in [0.15, 0.2) is 36.9 Å². The normalized spacial score (nSPS) is 14.6. The van der Waals surface area contributed by atoms with Crippen LogP contribution in [0.2, 0.25) is 0 Å². The number of hydrogen-bond acceptors (Lipinski definition) is 6. The second-order valence-electron chi connectivity index (χ2n) is 5.14. The van der Waals surface area contributed by atoms with Crippen molar-refractivity contribution in [1.82, 2.24) is 19.9 Å². The fourth-order valence-electron chi connectivity index (χ4n) is 2.42. The Hall–Kier alpha value is -3.03. The lowest BCUT2D eigenvalue weighted by Crippen LogP contribution is -2.49. The number of amides is 2. The van der Waals surface area contributed by atoms with Crippen LogP contribution in [-0.4, -0.2) is 57.8 Å². The van der Waals surface area contributed by atoms with Gasteiger partial charge in [0, 0.05) is 44.8 Å². The van der Waals surface area contributed by atoms with Crippen molar-refractivity contribution in [3.05, 3.63) is 48.2 Å². The molecule has 3 heterocycles. The first-order valence-corrected chi connectivity index (χ1v) is 7.21. The van der Waals surface area contributed by atoms with Gasteiger partial charge in [-0.05, 0) is 12.1 Å². The maximum absolute atomic E-state index is 12.4. The van der Waals surface area contributed by atoms with Gasteiger partial charge in [-0.15, -0.1) is 0 Å². The number of nitrogens with two attached hydrogens (primary N) is 1. The van der Waals surface area contributed by atoms with E-state index in [0.717, 1.165) is 5.82 Å². The van der Waals surface area contributed by atoms with Crippen LogP contribution in [-0.2, 0) is 0 Å². The van der Waals surface area contributed by atoms with E-state index < -0.39 is 5.91 Å². The minimum Gasteiger partial charge on any atom is -0.366 e. The van der Waals surface area contributed by atoms with Crippen LogP contribution < -0.4 is 10.6 Å². The van der Waals surface area contributed by atoms with Gasteiger partial charge in [0.05, 0.1) is 11.8 Å². The average Bonchev–Trinajstić information content (AvgIpc) is 2.62. The van der Waals surface area contributed by atoms with E-state index in [1.807, 2.05) is 0 Å². The van der Waals surface area contributed by atoms with Crippen LogP contribution >= 0.6 is 0 Å². The predicted octanol–water partition coefficient (Wildman–Crippen LogP) is -0.0671. The molecule has 8 heteroatoms. The van der Waals surface area contributed by atoms with Gasteiger partial charge in [-0.3, -0.25) is 19.6 Å². The van der Waals surface area contributed by atoms with Crippen LogP contribution in [0.4, 0.5) is 5.82 Å². The number of rotatable bonds is 3. The highest BCUT2D eigenvalue weighted by Gasteiger charge is 2.23. The van der Waals surface area contributed by atoms with Gasteiger partial charge in [0.1, 0.15) is 11.5 Å². The van der Waals surface area contributed by atoms with E-state index in [0.29, 0.717) is 31.9 Å². The molecule has 1 aliphatic heterocycles. The molecular weight excluding hydrogens is 296 g/mol. The molecule has 0 bridgehead atoms. The molecule has 23 heavy (non-hydrogen) atoms. The number of primary amides is 1. The maximum atomic E-state index is 12.4. The zero-order valence-electron chi connectivity index (χ0n) is 12.4. The van der Waals surface area contributed by atoms with Crippen molar-refractivity contribution in [1.29, 1.82) is 0 Å². The van der Waals surface area contributed by atoms with Gasteiger partial charge in [-0.25, -0.2) is 4.98 Å². The highest BCUT2D eigenvalue weighted by Crippen LogP contribution is 2.13. The van der Waals surface area contributed by atoms with Crippen molar-refractivity contribution < 1.29 is 9.59 Å². The summed E-state index contributed by atoms with van der Waals surface area (Å²) < 4.78 is 0. The molecule has 2 N–H and O–H groups in total. The van der Waals surface area contributed by atoms with Crippen molar-refractivity contribution in [2.75, 3.05) is 31.1 Å². The summed E-state index contributed by atoms with van der Waals surface area (Å²) in [6.45, 7) is 2.52. The molecule has 0 aliphatic carbocycles. The highest BCUT2D eigenvalue weighted by atomic mass is 16.2.